The van der Waals surface area contributed by atoms with E-state index in [1.807, 2.05) is 13.0 Å². The van der Waals surface area contributed by atoms with E-state index in [0.717, 1.165) is 5.56 Å². The molecule has 0 aliphatic heterocycles. The summed E-state index contributed by atoms with van der Waals surface area (Å²) in [6.45, 7) is 1.85. The van der Waals surface area contributed by atoms with E-state index < -0.39 is 24.2 Å². The number of methoxy groups -OCH3 is 1. The van der Waals surface area contributed by atoms with Crippen LogP contribution in [0.4, 0.5) is 0 Å². The van der Waals surface area contributed by atoms with Crippen molar-refractivity contribution in [3.63, 3.8) is 0 Å². The summed E-state index contributed by atoms with van der Waals surface area (Å²) < 4.78 is 4.32. The van der Waals surface area contributed by atoms with Crippen LogP contribution in [-0.4, -0.2) is 24.9 Å². The van der Waals surface area contributed by atoms with Gasteiger partial charge in [-0.3, -0.25) is 25.2 Å². The molecule has 0 saturated heterocycles. The van der Waals surface area contributed by atoms with Crippen molar-refractivity contribution in [1.82, 2.24) is 10.9 Å². The SMILES string of the molecule is COC(=O)CC(=O)NNC(=O)c1cccc(C)c1. The molecule has 1 rings (SSSR count). The van der Waals surface area contributed by atoms with Crippen LogP contribution in [0.3, 0.4) is 0 Å². The van der Waals surface area contributed by atoms with Gasteiger partial charge in [-0.2, -0.15) is 0 Å². The fourth-order valence-corrected chi connectivity index (χ4v) is 1.23. The van der Waals surface area contributed by atoms with Crippen LogP contribution >= 0.6 is 0 Å². The molecular formula is C12H14N2O4. The van der Waals surface area contributed by atoms with E-state index in [1.165, 1.54) is 7.11 Å². The van der Waals surface area contributed by atoms with Crippen molar-refractivity contribution < 1.29 is 19.1 Å². The fourth-order valence-electron chi connectivity index (χ4n) is 1.23. The summed E-state index contributed by atoms with van der Waals surface area (Å²) in [5, 5.41) is 0. The van der Waals surface area contributed by atoms with Crippen molar-refractivity contribution >= 4 is 17.8 Å². The first kappa shape index (κ1) is 13.7. The number of nitrogens with one attached hydrogen (secondary N) is 2. The molecule has 6 heteroatoms. The number of esters is 1. The number of carbonyl (C=O) groups excluding carboxylic acids is 3. The van der Waals surface area contributed by atoms with Crippen molar-refractivity contribution in [2.45, 2.75) is 13.3 Å². The minimum Gasteiger partial charge on any atom is -0.469 e. The van der Waals surface area contributed by atoms with Crippen LogP contribution in [0.1, 0.15) is 22.3 Å². The number of amides is 2. The standard InChI is InChI=1S/C12H14N2O4/c1-8-4-3-5-9(6-8)12(17)14-13-10(15)7-11(16)18-2/h3-6H,7H2,1-2H3,(H,13,15)(H,14,17). The van der Waals surface area contributed by atoms with Gasteiger partial charge in [0.05, 0.1) is 7.11 Å². The number of carbonyl (C=O) groups is 3. The van der Waals surface area contributed by atoms with Crippen LogP contribution in [0.2, 0.25) is 0 Å². The van der Waals surface area contributed by atoms with Crippen molar-refractivity contribution in [2.24, 2.45) is 0 Å². The third-order valence-electron chi connectivity index (χ3n) is 2.13. The molecule has 0 heterocycles. The lowest BCUT2D eigenvalue weighted by atomic mass is 10.1. The Morgan fingerprint density at radius 1 is 1.22 bits per heavy atom. The van der Waals surface area contributed by atoms with Gasteiger partial charge in [-0.15, -0.1) is 0 Å². The molecule has 0 aliphatic carbocycles. The molecule has 0 bridgehead atoms. The van der Waals surface area contributed by atoms with Crippen LogP contribution in [0.5, 0.6) is 0 Å². The van der Waals surface area contributed by atoms with Gasteiger partial charge < -0.3 is 4.74 Å². The van der Waals surface area contributed by atoms with Gasteiger partial charge in [-0.25, -0.2) is 0 Å². The van der Waals surface area contributed by atoms with Crippen LogP contribution in [-0.2, 0) is 14.3 Å². The summed E-state index contributed by atoms with van der Waals surface area (Å²) in [7, 11) is 1.18. The third-order valence-corrected chi connectivity index (χ3v) is 2.13. The van der Waals surface area contributed by atoms with Crippen LogP contribution < -0.4 is 10.9 Å². The van der Waals surface area contributed by atoms with Crippen molar-refractivity contribution in [3.8, 4) is 0 Å². The Labute approximate surface area is 104 Å². The lowest BCUT2D eigenvalue weighted by Crippen LogP contribution is -2.42. The van der Waals surface area contributed by atoms with Crippen LogP contribution in [0, 0.1) is 6.92 Å². The molecule has 2 N–H and O–H groups in total. The summed E-state index contributed by atoms with van der Waals surface area (Å²) in [5.41, 5.74) is 5.69. The van der Waals surface area contributed by atoms with Crippen molar-refractivity contribution in [1.29, 1.82) is 0 Å². The number of rotatable bonds is 3. The molecule has 0 spiro atoms. The zero-order valence-corrected chi connectivity index (χ0v) is 10.1. The maximum absolute atomic E-state index is 11.6. The summed E-state index contributed by atoms with van der Waals surface area (Å²) in [4.78, 5) is 33.6. The maximum Gasteiger partial charge on any atom is 0.315 e. The van der Waals surface area contributed by atoms with E-state index in [4.69, 9.17) is 0 Å². The molecule has 0 unspecified atom stereocenters. The highest BCUT2D eigenvalue weighted by atomic mass is 16.5. The molecule has 0 fully saturated rings. The third kappa shape index (κ3) is 4.25. The molecule has 0 aromatic heterocycles. The van der Waals surface area contributed by atoms with E-state index >= 15 is 0 Å². The summed E-state index contributed by atoms with van der Waals surface area (Å²) >= 11 is 0. The predicted octanol–water partition coefficient (Wildman–Crippen LogP) is 0.319. The Hall–Kier alpha value is -2.37. The van der Waals surface area contributed by atoms with Crippen LogP contribution in [0.25, 0.3) is 0 Å². The van der Waals surface area contributed by atoms with Gasteiger partial charge in [0.15, 0.2) is 0 Å². The second-order valence-electron chi connectivity index (χ2n) is 3.62. The summed E-state index contributed by atoms with van der Waals surface area (Å²) in [5.74, 6) is -1.75. The van der Waals surface area contributed by atoms with E-state index in [-0.39, 0.29) is 0 Å². The molecule has 0 aliphatic rings. The first-order valence-corrected chi connectivity index (χ1v) is 5.25. The normalized spacial score (nSPS) is 9.44. The Morgan fingerprint density at radius 2 is 1.94 bits per heavy atom. The number of hydrogen-bond acceptors (Lipinski definition) is 4. The highest BCUT2D eigenvalue weighted by Crippen LogP contribution is 2.02. The Balaban J connectivity index is 2.46. The lowest BCUT2D eigenvalue weighted by Gasteiger charge is -2.07. The van der Waals surface area contributed by atoms with Crippen LogP contribution in [0.15, 0.2) is 24.3 Å². The average Bonchev–Trinajstić information content (AvgIpc) is 2.35. The average molecular weight is 250 g/mol. The van der Waals surface area contributed by atoms with E-state index in [9.17, 15) is 14.4 Å². The number of benzene rings is 1. The van der Waals surface area contributed by atoms with E-state index in [1.54, 1.807) is 18.2 Å². The lowest BCUT2D eigenvalue weighted by molar-refractivity contribution is -0.144. The van der Waals surface area contributed by atoms with Gasteiger partial charge in [0.2, 0.25) is 5.91 Å². The molecule has 96 valence electrons. The summed E-state index contributed by atoms with van der Waals surface area (Å²) in [6, 6.07) is 6.89. The number of ether oxygens (including phenoxy) is 1. The molecule has 1 aromatic rings. The molecule has 1 aromatic carbocycles. The largest absolute Gasteiger partial charge is 0.469 e. The number of hydrazine groups is 1. The molecular weight excluding hydrogens is 236 g/mol. The molecule has 6 nitrogen and oxygen atoms in total. The van der Waals surface area contributed by atoms with Gasteiger partial charge in [0.1, 0.15) is 6.42 Å². The second kappa shape index (κ2) is 6.39. The van der Waals surface area contributed by atoms with E-state index in [2.05, 4.69) is 15.6 Å². The summed E-state index contributed by atoms with van der Waals surface area (Å²) in [6.07, 6.45) is -0.440. The molecule has 0 saturated carbocycles. The minimum atomic E-state index is -0.669. The highest BCUT2D eigenvalue weighted by molar-refractivity contribution is 5.98. The molecule has 18 heavy (non-hydrogen) atoms. The Morgan fingerprint density at radius 3 is 2.56 bits per heavy atom. The van der Waals surface area contributed by atoms with Gasteiger partial charge >= 0.3 is 5.97 Å². The monoisotopic (exact) mass is 250 g/mol. The topological polar surface area (TPSA) is 84.5 Å². The zero-order chi connectivity index (χ0) is 13.5. The van der Waals surface area contributed by atoms with Crippen molar-refractivity contribution in [3.05, 3.63) is 35.4 Å². The smallest absolute Gasteiger partial charge is 0.315 e. The maximum atomic E-state index is 11.6. The predicted molar refractivity (Wildman–Crippen MR) is 63.4 cm³/mol. The van der Waals surface area contributed by atoms with Gasteiger partial charge in [0.25, 0.3) is 5.91 Å². The number of aryl methyl sites for hydroxylation is 1. The fraction of sp³-hybridized carbons (Fsp3) is 0.250. The van der Waals surface area contributed by atoms with E-state index in [0.29, 0.717) is 5.56 Å². The zero-order valence-electron chi connectivity index (χ0n) is 10.1. The molecule has 0 atom stereocenters. The first-order chi connectivity index (χ1) is 8.52. The Kier molecular flexibility index (Phi) is 4.86. The van der Waals surface area contributed by atoms with Crippen molar-refractivity contribution in [2.75, 3.05) is 7.11 Å². The van der Waals surface area contributed by atoms with Gasteiger partial charge in [-0.1, -0.05) is 17.7 Å². The van der Waals surface area contributed by atoms with Gasteiger partial charge in [-0.05, 0) is 19.1 Å². The minimum absolute atomic E-state index is 0.424. The second-order valence-corrected chi connectivity index (χ2v) is 3.62. The quantitative estimate of drug-likeness (QED) is 0.459. The molecule has 0 radical (unpaired) electrons. The first-order valence-electron chi connectivity index (χ1n) is 5.25. The van der Waals surface area contributed by atoms with Gasteiger partial charge in [0, 0.05) is 5.56 Å². The molecule has 2 amide bonds. The Bertz CT molecular complexity index is 471. The highest BCUT2D eigenvalue weighted by Gasteiger charge is 2.11. The number of hydrogen-bond donors (Lipinski definition) is 2.